The van der Waals surface area contributed by atoms with Crippen LogP contribution in [0.25, 0.3) is 0 Å². The molecule has 0 bridgehead atoms. The minimum atomic E-state index is 0. The van der Waals surface area contributed by atoms with Crippen LogP contribution in [0.4, 0.5) is 0 Å². The third-order valence-corrected chi connectivity index (χ3v) is 3.58. The van der Waals surface area contributed by atoms with Gasteiger partial charge >= 0.3 is 0 Å². The maximum atomic E-state index is 4.61. The van der Waals surface area contributed by atoms with Gasteiger partial charge in [-0.3, -0.25) is 9.89 Å². The smallest absolute Gasteiger partial charge is 0.191 e. The van der Waals surface area contributed by atoms with E-state index in [-0.39, 0.29) is 24.0 Å². The van der Waals surface area contributed by atoms with Crippen LogP contribution in [-0.4, -0.2) is 43.6 Å². The Hall–Kier alpha value is -0.820. The minimum absolute atomic E-state index is 0. The number of benzene rings is 1. The molecule has 0 radical (unpaired) electrons. The molecule has 0 saturated heterocycles. The predicted octanol–water partition coefficient (Wildman–Crippen LogP) is 2.24. The summed E-state index contributed by atoms with van der Waals surface area (Å²) in [7, 11) is 0. The van der Waals surface area contributed by atoms with Crippen LogP contribution in [-0.2, 0) is 13.0 Å². The molecule has 1 aromatic rings. The Bertz CT molecular complexity index is 440. The summed E-state index contributed by atoms with van der Waals surface area (Å²) in [6, 6.07) is 8.76. The summed E-state index contributed by atoms with van der Waals surface area (Å²) < 4.78 is 0. The number of aliphatic imine (C=N–C) groups is 1. The van der Waals surface area contributed by atoms with Gasteiger partial charge in [0.1, 0.15) is 0 Å². The third-order valence-electron chi connectivity index (χ3n) is 3.58. The van der Waals surface area contributed by atoms with E-state index in [0.29, 0.717) is 0 Å². The van der Waals surface area contributed by atoms with Crippen LogP contribution in [0, 0.1) is 0 Å². The largest absolute Gasteiger partial charge is 0.357 e. The lowest BCUT2D eigenvalue weighted by Crippen LogP contribution is -2.38. The molecule has 1 aliphatic heterocycles. The lowest BCUT2D eigenvalue weighted by atomic mass is 10.0. The zero-order chi connectivity index (χ0) is 14.2. The van der Waals surface area contributed by atoms with Gasteiger partial charge in [0, 0.05) is 32.7 Å². The van der Waals surface area contributed by atoms with E-state index >= 15 is 0 Å². The molecular formula is C16H27IN4. The predicted molar refractivity (Wildman–Crippen MR) is 100 cm³/mol. The molecule has 1 heterocycles. The van der Waals surface area contributed by atoms with Crippen molar-refractivity contribution >= 4 is 29.9 Å². The molecule has 21 heavy (non-hydrogen) atoms. The molecule has 0 fully saturated rings. The van der Waals surface area contributed by atoms with Crippen molar-refractivity contribution in [2.45, 2.75) is 26.8 Å². The number of fused-ring (bicyclic) bond motifs is 1. The second kappa shape index (κ2) is 10.00. The Morgan fingerprint density at radius 3 is 2.48 bits per heavy atom. The van der Waals surface area contributed by atoms with Crippen molar-refractivity contribution in [2.24, 2.45) is 4.99 Å². The molecule has 0 atom stereocenters. The third kappa shape index (κ3) is 5.82. The molecule has 2 N–H and O–H groups in total. The van der Waals surface area contributed by atoms with E-state index < -0.39 is 0 Å². The quantitative estimate of drug-likeness (QED) is 0.451. The van der Waals surface area contributed by atoms with Gasteiger partial charge in [-0.1, -0.05) is 24.3 Å². The van der Waals surface area contributed by atoms with Crippen molar-refractivity contribution in [3.8, 4) is 0 Å². The van der Waals surface area contributed by atoms with Crippen LogP contribution in [0.1, 0.15) is 25.0 Å². The second-order valence-electron chi connectivity index (χ2n) is 5.09. The van der Waals surface area contributed by atoms with E-state index in [1.807, 2.05) is 0 Å². The molecule has 0 amide bonds. The Labute approximate surface area is 145 Å². The molecule has 1 aliphatic rings. The van der Waals surface area contributed by atoms with Crippen LogP contribution in [0.15, 0.2) is 29.3 Å². The first-order chi connectivity index (χ1) is 9.83. The normalized spacial score (nSPS) is 13.8. The Morgan fingerprint density at radius 2 is 1.81 bits per heavy atom. The summed E-state index contributed by atoms with van der Waals surface area (Å²) in [5.74, 6) is 0.924. The molecule has 0 unspecified atom stereocenters. The molecule has 2 rings (SSSR count). The van der Waals surface area contributed by atoms with Crippen LogP contribution >= 0.6 is 24.0 Å². The monoisotopic (exact) mass is 402 g/mol. The van der Waals surface area contributed by atoms with Gasteiger partial charge in [-0.05, 0) is 31.4 Å². The van der Waals surface area contributed by atoms with Crippen LogP contribution < -0.4 is 10.6 Å². The van der Waals surface area contributed by atoms with Crippen molar-refractivity contribution in [1.82, 2.24) is 15.5 Å². The standard InChI is InChI=1S/C16H26N4.HI/c1-3-17-16(18-4-2)19-10-12-20-11-9-14-7-5-6-8-15(14)13-20;/h5-8H,3-4,9-13H2,1-2H3,(H2,17,18,19);1H. The van der Waals surface area contributed by atoms with Crippen molar-refractivity contribution in [3.05, 3.63) is 35.4 Å². The van der Waals surface area contributed by atoms with Crippen LogP contribution in [0.3, 0.4) is 0 Å². The first-order valence-electron chi connectivity index (χ1n) is 7.64. The number of rotatable bonds is 5. The summed E-state index contributed by atoms with van der Waals surface area (Å²) in [4.78, 5) is 7.09. The summed E-state index contributed by atoms with van der Waals surface area (Å²) in [5.41, 5.74) is 2.98. The van der Waals surface area contributed by atoms with E-state index in [2.05, 4.69) is 58.6 Å². The molecule has 5 heteroatoms. The fourth-order valence-electron chi connectivity index (χ4n) is 2.56. The zero-order valence-electron chi connectivity index (χ0n) is 13.1. The fourth-order valence-corrected chi connectivity index (χ4v) is 2.56. The Kier molecular flexibility index (Phi) is 8.68. The molecule has 118 valence electrons. The van der Waals surface area contributed by atoms with E-state index in [1.165, 1.54) is 11.1 Å². The van der Waals surface area contributed by atoms with E-state index in [1.54, 1.807) is 0 Å². The average Bonchev–Trinajstić information content (AvgIpc) is 2.47. The maximum Gasteiger partial charge on any atom is 0.191 e. The zero-order valence-corrected chi connectivity index (χ0v) is 15.4. The molecule has 1 aromatic carbocycles. The van der Waals surface area contributed by atoms with Crippen LogP contribution in [0.5, 0.6) is 0 Å². The molecule has 0 aromatic heterocycles. The van der Waals surface area contributed by atoms with Crippen LogP contribution in [0.2, 0.25) is 0 Å². The van der Waals surface area contributed by atoms with Gasteiger partial charge in [-0.15, -0.1) is 24.0 Å². The highest BCUT2D eigenvalue weighted by Crippen LogP contribution is 2.17. The first kappa shape index (κ1) is 18.2. The van der Waals surface area contributed by atoms with Gasteiger partial charge in [0.25, 0.3) is 0 Å². The van der Waals surface area contributed by atoms with Gasteiger partial charge in [-0.2, -0.15) is 0 Å². The highest BCUT2D eigenvalue weighted by atomic mass is 127. The lowest BCUT2D eigenvalue weighted by Gasteiger charge is -2.28. The van der Waals surface area contributed by atoms with Crippen molar-refractivity contribution in [2.75, 3.05) is 32.7 Å². The summed E-state index contributed by atoms with van der Waals surface area (Å²) in [6.45, 7) is 10.1. The highest BCUT2D eigenvalue weighted by molar-refractivity contribution is 14.0. The number of nitrogens with zero attached hydrogens (tertiary/aromatic N) is 2. The second-order valence-corrected chi connectivity index (χ2v) is 5.09. The fraction of sp³-hybridized carbons (Fsp3) is 0.562. The number of nitrogens with one attached hydrogen (secondary N) is 2. The minimum Gasteiger partial charge on any atom is -0.357 e. The van der Waals surface area contributed by atoms with E-state index in [0.717, 1.165) is 51.6 Å². The number of hydrogen-bond acceptors (Lipinski definition) is 2. The van der Waals surface area contributed by atoms with E-state index in [9.17, 15) is 0 Å². The van der Waals surface area contributed by atoms with E-state index in [4.69, 9.17) is 0 Å². The molecule has 0 saturated carbocycles. The van der Waals surface area contributed by atoms with Gasteiger partial charge in [0.05, 0.1) is 6.54 Å². The highest BCUT2D eigenvalue weighted by Gasteiger charge is 2.14. The SMILES string of the molecule is CCNC(=NCCN1CCc2ccccc2C1)NCC.I. The Balaban J connectivity index is 0.00000220. The van der Waals surface area contributed by atoms with Crippen molar-refractivity contribution in [3.63, 3.8) is 0 Å². The molecular weight excluding hydrogens is 375 g/mol. The maximum absolute atomic E-state index is 4.61. The number of guanidine groups is 1. The van der Waals surface area contributed by atoms with Crippen molar-refractivity contribution < 1.29 is 0 Å². The van der Waals surface area contributed by atoms with Gasteiger partial charge in [0.2, 0.25) is 0 Å². The number of hydrogen-bond donors (Lipinski definition) is 2. The number of halogens is 1. The molecule has 0 spiro atoms. The summed E-state index contributed by atoms with van der Waals surface area (Å²) >= 11 is 0. The average molecular weight is 402 g/mol. The van der Waals surface area contributed by atoms with Gasteiger partial charge in [0.15, 0.2) is 5.96 Å². The summed E-state index contributed by atoms with van der Waals surface area (Å²) in [6.07, 6.45) is 1.16. The van der Waals surface area contributed by atoms with Crippen molar-refractivity contribution in [1.29, 1.82) is 0 Å². The molecule has 4 nitrogen and oxygen atoms in total. The van der Waals surface area contributed by atoms with Gasteiger partial charge < -0.3 is 10.6 Å². The topological polar surface area (TPSA) is 39.7 Å². The lowest BCUT2D eigenvalue weighted by molar-refractivity contribution is 0.261. The summed E-state index contributed by atoms with van der Waals surface area (Å²) in [5, 5.41) is 6.51. The Morgan fingerprint density at radius 1 is 1.14 bits per heavy atom. The van der Waals surface area contributed by atoms with Gasteiger partial charge in [-0.25, -0.2) is 0 Å². The molecule has 0 aliphatic carbocycles. The first-order valence-corrected chi connectivity index (χ1v) is 7.64.